The molecule has 6 heteroatoms. The highest BCUT2D eigenvalue weighted by Gasteiger charge is 2.50. The van der Waals surface area contributed by atoms with Crippen LogP contribution in [-0.4, -0.2) is 23.3 Å². The predicted octanol–water partition coefficient (Wildman–Crippen LogP) is 4.43. The summed E-state index contributed by atoms with van der Waals surface area (Å²) in [6, 6.07) is 12.2. The van der Waals surface area contributed by atoms with Crippen molar-refractivity contribution < 1.29 is 14.7 Å². The number of carbonyl (C=O) groups is 2. The molecule has 0 saturated heterocycles. The molecule has 2 aromatic carbocycles. The third kappa shape index (κ3) is 3.30. The van der Waals surface area contributed by atoms with E-state index in [0.29, 0.717) is 23.4 Å². The van der Waals surface area contributed by atoms with Crippen LogP contribution >= 0.6 is 31.9 Å². The Hall–Kier alpha value is -1.50. The molecule has 0 fully saturated rings. The standard InChI is InChI=1S/C19H17Br2NO3/c1-2-9-22-16-8-7-14(21)10-15(16)19(25,18(22)24)11-17(23)12-3-5-13(20)6-4-12/h3-8,10,25H,2,9,11H2,1H3. The van der Waals surface area contributed by atoms with Crippen molar-refractivity contribution in [3.05, 3.63) is 62.5 Å². The van der Waals surface area contributed by atoms with Gasteiger partial charge in [0.05, 0.1) is 12.1 Å². The molecule has 1 amide bonds. The zero-order valence-corrected chi connectivity index (χ0v) is 16.8. The Morgan fingerprint density at radius 3 is 2.40 bits per heavy atom. The van der Waals surface area contributed by atoms with Gasteiger partial charge in [0.25, 0.3) is 5.91 Å². The van der Waals surface area contributed by atoms with E-state index in [1.807, 2.05) is 13.0 Å². The lowest BCUT2D eigenvalue weighted by atomic mass is 9.88. The van der Waals surface area contributed by atoms with Gasteiger partial charge in [0, 0.05) is 26.6 Å². The molecule has 1 aliphatic heterocycles. The molecular formula is C19H17Br2NO3. The Balaban J connectivity index is 1.99. The van der Waals surface area contributed by atoms with Crippen LogP contribution in [0.5, 0.6) is 0 Å². The van der Waals surface area contributed by atoms with Crippen LogP contribution in [0.25, 0.3) is 0 Å². The summed E-state index contributed by atoms with van der Waals surface area (Å²) in [5.41, 5.74) is -0.222. The molecule has 1 heterocycles. The van der Waals surface area contributed by atoms with Crippen molar-refractivity contribution in [2.75, 3.05) is 11.4 Å². The lowest BCUT2D eigenvalue weighted by Crippen LogP contribution is -2.42. The molecule has 3 rings (SSSR count). The number of benzene rings is 2. The first kappa shape index (κ1) is 18.3. The number of carbonyl (C=O) groups excluding carboxylic acids is 2. The number of nitrogens with zero attached hydrogens (tertiary/aromatic N) is 1. The minimum absolute atomic E-state index is 0.271. The van der Waals surface area contributed by atoms with E-state index < -0.39 is 11.5 Å². The molecule has 2 aromatic rings. The van der Waals surface area contributed by atoms with Crippen molar-refractivity contribution in [1.29, 1.82) is 0 Å². The summed E-state index contributed by atoms with van der Waals surface area (Å²) >= 11 is 6.71. The Kier molecular flexibility index (Phi) is 5.14. The molecule has 0 saturated carbocycles. The van der Waals surface area contributed by atoms with E-state index in [2.05, 4.69) is 31.9 Å². The van der Waals surface area contributed by atoms with Gasteiger partial charge < -0.3 is 10.0 Å². The lowest BCUT2D eigenvalue weighted by molar-refractivity contribution is -0.135. The van der Waals surface area contributed by atoms with E-state index in [0.717, 1.165) is 15.4 Å². The van der Waals surface area contributed by atoms with E-state index in [1.54, 1.807) is 41.3 Å². The summed E-state index contributed by atoms with van der Waals surface area (Å²) in [7, 11) is 0. The van der Waals surface area contributed by atoms with Crippen LogP contribution in [-0.2, 0) is 10.4 Å². The summed E-state index contributed by atoms with van der Waals surface area (Å²) in [5, 5.41) is 11.2. The highest BCUT2D eigenvalue weighted by molar-refractivity contribution is 9.10. The summed E-state index contributed by atoms with van der Waals surface area (Å²) in [6.07, 6.45) is 0.481. The second-order valence-corrected chi connectivity index (χ2v) is 7.92. The number of aliphatic hydroxyl groups is 1. The maximum absolute atomic E-state index is 12.9. The third-order valence-electron chi connectivity index (χ3n) is 4.32. The monoisotopic (exact) mass is 465 g/mol. The summed E-state index contributed by atoms with van der Waals surface area (Å²) in [6.45, 7) is 2.47. The highest BCUT2D eigenvalue weighted by Crippen LogP contribution is 2.44. The zero-order valence-electron chi connectivity index (χ0n) is 13.6. The molecule has 0 radical (unpaired) electrons. The second-order valence-electron chi connectivity index (χ2n) is 6.09. The van der Waals surface area contributed by atoms with E-state index in [-0.39, 0.29) is 12.2 Å². The largest absolute Gasteiger partial charge is 0.375 e. The van der Waals surface area contributed by atoms with Crippen molar-refractivity contribution in [1.82, 2.24) is 0 Å². The van der Waals surface area contributed by atoms with Gasteiger partial charge in [0.1, 0.15) is 0 Å². The number of amides is 1. The van der Waals surface area contributed by atoms with Crippen molar-refractivity contribution >= 4 is 49.2 Å². The van der Waals surface area contributed by atoms with Gasteiger partial charge in [-0.05, 0) is 36.8 Å². The summed E-state index contributed by atoms with van der Waals surface area (Å²) < 4.78 is 1.62. The predicted molar refractivity (Wildman–Crippen MR) is 104 cm³/mol. The first-order chi connectivity index (χ1) is 11.9. The van der Waals surface area contributed by atoms with Crippen molar-refractivity contribution in [3.63, 3.8) is 0 Å². The number of anilines is 1. The van der Waals surface area contributed by atoms with E-state index >= 15 is 0 Å². The molecule has 25 heavy (non-hydrogen) atoms. The number of halogens is 2. The summed E-state index contributed by atoms with van der Waals surface area (Å²) in [4.78, 5) is 27.1. The molecule has 4 nitrogen and oxygen atoms in total. The third-order valence-corrected chi connectivity index (χ3v) is 5.35. The van der Waals surface area contributed by atoms with Crippen LogP contribution in [0, 0.1) is 0 Å². The van der Waals surface area contributed by atoms with E-state index in [1.165, 1.54) is 0 Å². The van der Waals surface area contributed by atoms with Crippen molar-refractivity contribution in [2.24, 2.45) is 0 Å². The maximum atomic E-state index is 12.9. The van der Waals surface area contributed by atoms with Crippen LogP contribution in [0.3, 0.4) is 0 Å². The smallest absolute Gasteiger partial charge is 0.264 e. The van der Waals surface area contributed by atoms with Gasteiger partial charge in [0.2, 0.25) is 0 Å². The molecule has 0 aromatic heterocycles. The highest BCUT2D eigenvalue weighted by atomic mass is 79.9. The maximum Gasteiger partial charge on any atom is 0.264 e. The average molecular weight is 467 g/mol. The quantitative estimate of drug-likeness (QED) is 0.663. The first-order valence-electron chi connectivity index (χ1n) is 8.00. The number of ketones is 1. The van der Waals surface area contributed by atoms with Gasteiger partial charge in [-0.25, -0.2) is 0 Å². The fraction of sp³-hybridized carbons (Fsp3) is 0.263. The molecule has 0 bridgehead atoms. The van der Waals surface area contributed by atoms with Gasteiger partial charge in [-0.15, -0.1) is 0 Å². The molecular weight excluding hydrogens is 450 g/mol. The van der Waals surface area contributed by atoms with Gasteiger partial charge in [-0.1, -0.05) is 50.9 Å². The van der Waals surface area contributed by atoms with Gasteiger partial charge >= 0.3 is 0 Å². The lowest BCUT2D eigenvalue weighted by Gasteiger charge is -2.22. The van der Waals surface area contributed by atoms with Crippen LogP contribution in [0.1, 0.15) is 35.7 Å². The second kappa shape index (κ2) is 7.02. The molecule has 0 aliphatic carbocycles. The topological polar surface area (TPSA) is 57.6 Å². The fourth-order valence-electron chi connectivity index (χ4n) is 3.11. The van der Waals surface area contributed by atoms with Gasteiger partial charge in [-0.2, -0.15) is 0 Å². The number of fused-ring (bicyclic) bond motifs is 1. The Bertz CT molecular complexity index is 835. The van der Waals surface area contributed by atoms with Gasteiger partial charge in [-0.3, -0.25) is 9.59 Å². The first-order valence-corrected chi connectivity index (χ1v) is 9.58. The SMILES string of the molecule is CCCN1C(=O)C(O)(CC(=O)c2ccc(Br)cc2)c2cc(Br)ccc21. The Morgan fingerprint density at radius 2 is 1.76 bits per heavy atom. The van der Waals surface area contributed by atoms with Gasteiger partial charge in [0.15, 0.2) is 11.4 Å². The normalized spacial score (nSPS) is 19.2. The van der Waals surface area contributed by atoms with E-state index in [9.17, 15) is 14.7 Å². The molecule has 0 spiro atoms. The average Bonchev–Trinajstić information content (AvgIpc) is 2.77. The van der Waals surface area contributed by atoms with E-state index in [4.69, 9.17) is 0 Å². The molecule has 1 atom stereocenters. The molecule has 1 aliphatic rings. The minimum Gasteiger partial charge on any atom is -0.375 e. The Labute approximate surface area is 163 Å². The van der Waals surface area contributed by atoms with Crippen LogP contribution in [0.4, 0.5) is 5.69 Å². The molecule has 1 N–H and O–H groups in total. The number of hydrogen-bond donors (Lipinski definition) is 1. The van der Waals surface area contributed by atoms with Crippen LogP contribution in [0.15, 0.2) is 51.4 Å². The molecule has 130 valence electrons. The minimum atomic E-state index is -1.83. The number of Topliss-reactive ketones (excluding diaryl/α,β-unsaturated/α-hetero) is 1. The fourth-order valence-corrected chi connectivity index (χ4v) is 3.73. The Morgan fingerprint density at radius 1 is 1.12 bits per heavy atom. The van der Waals surface area contributed by atoms with Crippen LogP contribution < -0.4 is 4.90 Å². The summed E-state index contributed by atoms with van der Waals surface area (Å²) in [5.74, 6) is -0.708. The zero-order chi connectivity index (χ0) is 18.2. The van der Waals surface area contributed by atoms with Crippen molar-refractivity contribution in [2.45, 2.75) is 25.4 Å². The number of rotatable bonds is 5. The van der Waals surface area contributed by atoms with Crippen LogP contribution in [0.2, 0.25) is 0 Å². The number of hydrogen-bond acceptors (Lipinski definition) is 3. The van der Waals surface area contributed by atoms with Crippen molar-refractivity contribution in [3.8, 4) is 0 Å². The molecule has 1 unspecified atom stereocenters.